The van der Waals surface area contributed by atoms with Crippen molar-refractivity contribution in [1.29, 1.82) is 5.26 Å². The second kappa shape index (κ2) is 9.36. The zero-order valence-electron chi connectivity index (χ0n) is 16.5. The molecule has 2 atom stereocenters. The van der Waals surface area contributed by atoms with Crippen molar-refractivity contribution < 1.29 is 19.1 Å². The Hall–Kier alpha value is -2.88. The van der Waals surface area contributed by atoms with Crippen LogP contribution in [0.1, 0.15) is 39.2 Å². The minimum absolute atomic E-state index is 0.137. The Bertz CT molecular complexity index is 753. The van der Waals surface area contributed by atoms with Crippen LogP contribution in [0.2, 0.25) is 0 Å². The largest absolute Gasteiger partial charge is 0.454 e. The van der Waals surface area contributed by atoms with Gasteiger partial charge in [-0.1, -0.05) is 44.2 Å². The molecular formula is C21H27N3O4. The fourth-order valence-corrected chi connectivity index (χ4v) is 2.94. The fraction of sp³-hybridized carbons (Fsp3) is 0.524. The highest BCUT2D eigenvalue weighted by Gasteiger charge is 2.43. The van der Waals surface area contributed by atoms with Crippen LogP contribution in [0.25, 0.3) is 0 Å². The van der Waals surface area contributed by atoms with Gasteiger partial charge in [0.05, 0.1) is 12.5 Å². The van der Waals surface area contributed by atoms with E-state index < -0.39 is 30.1 Å². The minimum atomic E-state index is -0.940. The number of ether oxygens (including phenoxy) is 1. The van der Waals surface area contributed by atoms with E-state index in [1.54, 1.807) is 20.8 Å². The molecule has 1 aliphatic carbocycles. The summed E-state index contributed by atoms with van der Waals surface area (Å²) in [6.45, 7) is 4.76. The lowest BCUT2D eigenvalue weighted by Gasteiger charge is -2.24. The van der Waals surface area contributed by atoms with Gasteiger partial charge in [0.2, 0.25) is 5.91 Å². The molecule has 0 unspecified atom stereocenters. The molecule has 0 aromatic heterocycles. The smallest absolute Gasteiger partial charge is 0.329 e. The molecule has 1 aliphatic rings. The third-order valence-corrected chi connectivity index (χ3v) is 4.82. The summed E-state index contributed by atoms with van der Waals surface area (Å²) in [5, 5.41) is 14.6. The first-order valence-corrected chi connectivity index (χ1v) is 9.47. The normalized spacial score (nSPS) is 16.4. The molecule has 7 nitrogen and oxygen atoms in total. The van der Waals surface area contributed by atoms with E-state index >= 15 is 0 Å². The number of amides is 2. The van der Waals surface area contributed by atoms with E-state index in [1.807, 2.05) is 30.3 Å². The van der Waals surface area contributed by atoms with Crippen LogP contribution < -0.4 is 10.6 Å². The van der Waals surface area contributed by atoms with Gasteiger partial charge < -0.3 is 15.4 Å². The molecule has 150 valence electrons. The first-order chi connectivity index (χ1) is 13.2. The summed E-state index contributed by atoms with van der Waals surface area (Å²) in [7, 11) is 0. The van der Waals surface area contributed by atoms with Crippen molar-refractivity contribution in [3.8, 4) is 6.07 Å². The number of nitrogens with zero attached hydrogens (tertiary/aromatic N) is 1. The molecule has 0 saturated heterocycles. The lowest BCUT2D eigenvalue weighted by Crippen LogP contribution is -2.50. The number of hydrogen-bond acceptors (Lipinski definition) is 5. The molecule has 1 saturated carbocycles. The summed E-state index contributed by atoms with van der Waals surface area (Å²) in [5.41, 5.74) is -0.101. The number of nitriles is 1. The van der Waals surface area contributed by atoms with Crippen LogP contribution in [0.3, 0.4) is 0 Å². The first-order valence-electron chi connectivity index (χ1n) is 9.47. The number of rotatable bonds is 9. The average molecular weight is 385 g/mol. The molecule has 1 fully saturated rings. The minimum Gasteiger partial charge on any atom is -0.454 e. The molecule has 0 radical (unpaired) electrons. The maximum absolute atomic E-state index is 12.4. The van der Waals surface area contributed by atoms with E-state index in [-0.39, 0.29) is 24.2 Å². The Morgan fingerprint density at radius 3 is 2.39 bits per heavy atom. The summed E-state index contributed by atoms with van der Waals surface area (Å²) in [4.78, 5) is 36.7. The number of nitrogens with one attached hydrogen (secondary N) is 2. The van der Waals surface area contributed by atoms with Crippen molar-refractivity contribution in [2.75, 3.05) is 6.61 Å². The zero-order valence-corrected chi connectivity index (χ0v) is 16.5. The van der Waals surface area contributed by atoms with Crippen molar-refractivity contribution in [1.82, 2.24) is 10.6 Å². The number of esters is 1. The first kappa shape index (κ1) is 21.4. The summed E-state index contributed by atoms with van der Waals surface area (Å²) in [6.07, 6.45) is 1.94. The highest BCUT2D eigenvalue weighted by Crippen LogP contribution is 2.39. The standard InChI is InChI=1S/C21H27N3O4/c1-14(2)19(23-17(25)11-15-7-5-4-6-8-15)20(27)28-12-18(26)24-21(3,13-22)16-9-10-16/h4-8,14,16,19H,9-12H2,1-3H3,(H,23,25)(H,24,26)/t19-,21-/m0/s1. The highest BCUT2D eigenvalue weighted by atomic mass is 16.5. The van der Waals surface area contributed by atoms with Crippen LogP contribution >= 0.6 is 0 Å². The predicted octanol–water partition coefficient (Wildman–Crippen LogP) is 1.72. The van der Waals surface area contributed by atoms with Crippen LogP contribution in [0.5, 0.6) is 0 Å². The van der Waals surface area contributed by atoms with Gasteiger partial charge in [0.25, 0.3) is 5.91 Å². The van der Waals surface area contributed by atoms with Crippen LogP contribution in [0.15, 0.2) is 30.3 Å². The Morgan fingerprint density at radius 1 is 1.21 bits per heavy atom. The van der Waals surface area contributed by atoms with Gasteiger partial charge in [-0.05, 0) is 37.2 Å². The maximum atomic E-state index is 12.4. The van der Waals surface area contributed by atoms with Gasteiger partial charge in [-0.2, -0.15) is 5.26 Å². The molecule has 1 aromatic carbocycles. The van der Waals surface area contributed by atoms with Gasteiger partial charge in [0, 0.05) is 0 Å². The summed E-state index contributed by atoms with van der Waals surface area (Å²) < 4.78 is 5.09. The molecule has 28 heavy (non-hydrogen) atoms. The monoisotopic (exact) mass is 385 g/mol. The van der Waals surface area contributed by atoms with E-state index in [9.17, 15) is 19.6 Å². The van der Waals surface area contributed by atoms with Crippen LogP contribution in [-0.2, 0) is 25.5 Å². The quantitative estimate of drug-likeness (QED) is 0.629. The zero-order chi connectivity index (χ0) is 20.7. The summed E-state index contributed by atoms with van der Waals surface area (Å²) >= 11 is 0. The Labute approximate surface area is 165 Å². The van der Waals surface area contributed by atoms with Crippen LogP contribution in [-0.4, -0.2) is 36.0 Å². The molecule has 2 N–H and O–H groups in total. The molecular weight excluding hydrogens is 358 g/mol. The third kappa shape index (κ3) is 6.08. The summed E-state index contributed by atoms with van der Waals surface area (Å²) in [5.74, 6) is -1.56. The Balaban J connectivity index is 1.85. The second-order valence-electron chi connectivity index (χ2n) is 7.70. The van der Waals surface area contributed by atoms with Crippen LogP contribution in [0.4, 0.5) is 0 Å². The van der Waals surface area contributed by atoms with E-state index in [0.717, 1.165) is 18.4 Å². The van der Waals surface area contributed by atoms with Crippen molar-refractivity contribution >= 4 is 17.8 Å². The van der Waals surface area contributed by atoms with Crippen molar-refractivity contribution in [2.24, 2.45) is 11.8 Å². The highest BCUT2D eigenvalue weighted by molar-refractivity contribution is 5.87. The molecule has 7 heteroatoms. The van der Waals surface area contributed by atoms with Gasteiger partial charge in [0.15, 0.2) is 6.61 Å². The Kier molecular flexibility index (Phi) is 7.16. The van der Waals surface area contributed by atoms with E-state index in [2.05, 4.69) is 16.7 Å². The SMILES string of the molecule is CC(C)[C@H](NC(=O)Cc1ccccc1)C(=O)OCC(=O)N[C@@](C)(C#N)C1CC1. The van der Waals surface area contributed by atoms with Gasteiger partial charge in [-0.3, -0.25) is 9.59 Å². The molecule has 2 rings (SSSR count). The Morgan fingerprint density at radius 2 is 1.86 bits per heavy atom. The number of carbonyl (C=O) groups excluding carboxylic acids is 3. The van der Waals surface area contributed by atoms with Gasteiger partial charge in [-0.15, -0.1) is 0 Å². The maximum Gasteiger partial charge on any atom is 0.329 e. The average Bonchev–Trinajstić information content (AvgIpc) is 3.50. The second-order valence-corrected chi connectivity index (χ2v) is 7.70. The molecule has 2 amide bonds. The number of hydrogen-bond donors (Lipinski definition) is 2. The topological polar surface area (TPSA) is 108 Å². The predicted molar refractivity (Wildman–Crippen MR) is 103 cm³/mol. The van der Waals surface area contributed by atoms with Crippen molar-refractivity contribution in [2.45, 2.75) is 51.6 Å². The van der Waals surface area contributed by atoms with Gasteiger partial charge in [0.1, 0.15) is 11.6 Å². The number of carbonyl (C=O) groups is 3. The van der Waals surface area contributed by atoms with E-state index in [0.29, 0.717) is 0 Å². The van der Waals surface area contributed by atoms with Crippen LogP contribution in [0, 0.1) is 23.2 Å². The molecule has 0 aliphatic heterocycles. The van der Waals surface area contributed by atoms with E-state index in [4.69, 9.17) is 4.74 Å². The lowest BCUT2D eigenvalue weighted by atomic mass is 9.98. The summed E-state index contributed by atoms with van der Waals surface area (Å²) in [6, 6.07) is 10.5. The van der Waals surface area contributed by atoms with Crippen molar-refractivity contribution in [3.63, 3.8) is 0 Å². The van der Waals surface area contributed by atoms with Crippen molar-refractivity contribution in [3.05, 3.63) is 35.9 Å². The van der Waals surface area contributed by atoms with Gasteiger partial charge >= 0.3 is 5.97 Å². The molecule has 0 bridgehead atoms. The third-order valence-electron chi connectivity index (χ3n) is 4.82. The molecule has 1 aromatic rings. The van der Waals surface area contributed by atoms with E-state index in [1.165, 1.54) is 0 Å². The lowest BCUT2D eigenvalue weighted by molar-refractivity contribution is -0.153. The van der Waals surface area contributed by atoms with Gasteiger partial charge in [-0.25, -0.2) is 4.79 Å². The fourth-order valence-electron chi connectivity index (χ4n) is 2.94. The molecule has 0 spiro atoms. The number of benzene rings is 1. The molecule has 0 heterocycles.